The minimum atomic E-state index is -3.29. The van der Waals surface area contributed by atoms with Crippen LogP contribution in [0, 0.1) is 5.82 Å². The lowest BCUT2D eigenvalue weighted by molar-refractivity contribution is 0.602. The van der Waals surface area contributed by atoms with Gasteiger partial charge in [0, 0.05) is 17.5 Å². The lowest BCUT2D eigenvalue weighted by atomic mass is 10.1. The molecule has 0 N–H and O–H groups in total. The Bertz CT molecular complexity index is 1290. The zero-order valence-electron chi connectivity index (χ0n) is 16.2. The van der Waals surface area contributed by atoms with E-state index >= 15 is 0 Å². The van der Waals surface area contributed by atoms with Crippen molar-refractivity contribution >= 4 is 22.0 Å². The molecule has 4 aromatic rings. The highest BCUT2D eigenvalue weighted by atomic mass is 32.2. The smallest absolute Gasteiger partial charge is 0.175 e. The predicted octanol–water partition coefficient (Wildman–Crippen LogP) is 5.25. The molecule has 0 aliphatic rings. The molecule has 1 aromatic heterocycles. The topological polar surface area (TPSA) is 52.0 Å². The van der Waals surface area contributed by atoms with Crippen molar-refractivity contribution in [2.45, 2.75) is 4.90 Å². The molecule has 4 nitrogen and oxygen atoms in total. The molecule has 3 aromatic carbocycles. The average molecular weight is 418 g/mol. The lowest BCUT2D eigenvalue weighted by Gasteiger charge is -2.12. The van der Waals surface area contributed by atoms with Gasteiger partial charge in [-0.1, -0.05) is 36.4 Å². The molecule has 0 fully saturated rings. The van der Waals surface area contributed by atoms with E-state index in [0.29, 0.717) is 5.82 Å². The summed E-state index contributed by atoms with van der Waals surface area (Å²) in [5.41, 5.74) is 3.36. The van der Waals surface area contributed by atoms with Crippen molar-refractivity contribution in [3.8, 4) is 16.9 Å². The molecule has 150 valence electrons. The molecule has 30 heavy (non-hydrogen) atoms. The van der Waals surface area contributed by atoms with E-state index in [1.807, 2.05) is 47.1 Å². The zero-order valence-corrected chi connectivity index (χ0v) is 17.1. The molecule has 0 saturated carbocycles. The van der Waals surface area contributed by atoms with Crippen LogP contribution in [-0.2, 0) is 9.84 Å². The summed E-state index contributed by atoms with van der Waals surface area (Å²) < 4.78 is 38.9. The van der Waals surface area contributed by atoms with Crippen LogP contribution in [0.5, 0.6) is 0 Å². The molecule has 0 radical (unpaired) electrons. The van der Waals surface area contributed by atoms with Crippen molar-refractivity contribution in [1.82, 2.24) is 9.55 Å². The number of aromatic nitrogens is 2. The van der Waals surface area contributed by atoms with Gasteiger partial charge < -0.3 is 0 Å². The number of sulfone groups is 1. The Morgan fingerprint density at radius 3 is 2.17 bits per heavy atom. The van der Waals surface area contributed by atoms with Gasteiger partial charge in [0.25, 0.3) is 0 Å². The van der Waals surface area contributed by atoms with Crippen molar-refractivity contribution in [2.75, 3.05) is 6.26 Å². The van der Waals surface area contributed by atoms with Gasteiger partial charge in [0.15, 0.2) is 9.84 Å². The fraction of sp³-hybridized carbons (Fsp3) is 0.0417. The highest BCUT2D eigenvalue weighted by Crippen LogP contribution is 2.27. The van der Waals surface area contributed by atoms with Crippen molar-refractivity contribution in [3.63, 3.8) is 0 Å². The minimum absolute atomic E-state index is 0.246. The van der Waals surface area contributed by atoms with Gasteiger partial charge in [-0.05, 0) is 60.2 Å². The first-order chi connectivity index (χ1) is 14.4. The lowest BCUT2D eigenvalue weighted by Crippen LogP contribution is -2.02. The van der Waals surface area contributed by atoms with E-state index in [1.54, 1.807) is 42.6 Å². The molecule has 0 unspecified atom stereocenters. The summed E-state index contributed by atoms with van der Waals surface area (Å²) in [6.45, 7) is 0. The van der Waals surface area contributed by atoms with Crippen LogP contribution in [0.1, 0.15) is 11.4 Å². The summed E-state index contributed by atoms with van der Waals surface area (Å²) in [7, 11) is -3.29. The summed E-state index contributed by atoms with van der Waals surface area (Å²) in [5, 5.41) is 0. The van der Waals surface area contributed by atoms with Gasteiger partial charge >= 0.3 is 0 Å². The molecule has 0 bridgehead atoms. The first-order valence-electron chi connectivity index (χ1n) is 9.29. The third-order valence-electron chi connectivity index (χ3n) is 4.68. The molecule has 4 rings (SSSR count). The first-order valence-corrected chi connectivity index (χ1v) is 11.2. The summed E-state index contributed by atoms with van der Waals surface area (Å²) >= 11 is 0. The van der Waals surface area contributed by atoms with Crippen LogP contribution in [0.4, 0.5) is 4.39 Å². The Hall–Kier alpha value is -3.51. The Morgan fingerprint density at radius 2 is 1.53 bits per heavy atom. The number of halogens is 1. The van der Waals surface area contributed by atoms with Crippen molar-refractivity contribution in [2.24, 2.45) is 0 Å². The molecule has 0 aliphatic carbocycles. The van der Waals surface area contributed by atoms with E-state index in [-0.39, 0.29) is 10.7 Å². The van der Waals surface area contributed by atoms with Crippen molar-refractivity contribution < 1.29 is 12.8 Å². The number of benzene rings is 3. The number of rotatable bonds is 5. The third kappa shape index (κ3) is 4.23. The van der Waals surface area contributed by atoms with Crippen LogP contribution < -0.4 is 0 Å². The summed E-state index contributed by atoms with van der Waals surface area (Å²) in [6, 6.07) is 22.7. The number of imidazole rings is 1. The minimum Gasteiger partial charge on any atom is -0.293 e. The molecule has 1 heterocycles. The fourth-order valence-electron chi connectivity index (χ4n) is 3.16. The van der Waals surface area contributed by atoms with E-state index in [9.17, 15) is 12.8 Å². The van der Waals surface area contributed by atoms with E-state index in [4.69, 9.17) is 0 Å². The number of nitrogens with zero attached hydrogens (tertiary/aromatic N) is 2. The largest absolute Gasteiger partial charge is 0.293 e. The van der Waals surface area contributed by atoms with Gasteiger partial charge in [0.05, 0.1) is 16.8 Å². The molecule has 0 atom stereocenters. The van der Waals surface area contributed by atoms with Crippen molar-refractivity contribution in [1.29, 1.82) is 0 Å². The molecular formula is C24H19FN2O2S. The van der Waals surface area contributed by atoms with E-state index in [2.05, 4.69) is 4.98 Å². The van der Waals surface area contributed by atoms with Crippen LogP contribution >= 0.6 is 0 Å². The molecular weight excluding hydrogens is 399 g/mol. The molecule has 0 aliphatic heterocycles. The molecule has 6 heteroatoms. The standard InChI is InChI=1S/C24H19FN2O2S/c1-30(28,29)22-14-12-21(13-15-22)27-23(19-8-10-20(25)11-9-19)17-26-24(27)16-7-18-5-3-2-4-6-18/h2-17H,1H3. The van der Waals surface area contributed by atoms with Gasteiger partial charge in [-0.3, -0.25) is 4.57 Å². The number of hydrogen-bond acceptors (Lipinski definition) is 3. The molecule has 0 amide bonds. The second kappa shape index (κ2) is 8.08. The maximum absolute atomic E-state index is 13.4. The third-order valence-corrected chi connectivity index (χ3v) is 5.81. The predicted molar refractivity (Wildman–Crippen MR) is 117 cm³/mol. The van der Waals surface area contributed by atoms with Gasteiger partial charge in [0.2, 0.25) is 0 Å². The van der Waals surface area contributed by atoms with Gasteiger partial charge in [0.1, 0.15) is 11.6 Å². The maximum atomic E-state index is 13.4. The van der Waals surface area contributed by atoms with Gasteiger partial charge in [-0.25, -0.2) is 17.8 Å². The second-order valence-corrected chi connectivity index (χ2v) is 8.87. The zero-order chi connectivity index (χ0) is 21.1. The van der Waals surface area contributed by atoms with Gasteiger partial charge in [-0.15, -0.1) is 0 Å². The Kier molecular flexibility index (Phi) is 5.33. The highest BCUT2D eigenvalue weighted by molar-refractivity contribution is 7.90. The Morgan fingerprint density at radius 1 is 0.867 bits per heavy atom. The van der Waals surface area contributed by atoms with E-state index in [0.717, 1.165) is 22.5 Å². The quantitative estimate of drug-likeness (QED) is 0.445. The van der Waals surface area contributed by atoms with Crippen LogP contribution in [0.2, 0.25) is 0 Å². The van der Waals surface area contributed by atoms with E-state index < -0.39 is 9.84 Å². The van der Waals surface area contributed by atoms with E-state index in [1.165, 1.54) is 18.4 Å². The monoisotopic (exact) mass is 418 g/mol. The summed E-state index contributed by atoms with van der Waals surface area (Å²) in [4.78, 5) is 4.79. The maximum Gasteiger partial charge on any atom is 0.175 e. The van der Waals surface area contributed by atoms with Crippen LogP contribution in [0.15, 0.2) is 90.0 Å². The Labute approximate surface area is 174 Å². The van der Waals surface area contributed by atoms with Crippen molar-refractivity contribution in [3.05, 3.63) is 102 Å². The van der Waals surface area contributed by atoms with Crippen LogP contribution in [-0.4, -0.2) is 24.2 Å². The fourth-order valence-corrected chi connectivity index (χ4v) is 3.79. The summed E-state index contributed by atoms with van der Waals surface area (Å²) in [5.74, 6) is 0.358. The first kappa shape index (κ1) is 19.8. The highest BCUT2D eigenvalue weighted by Gasteiger charge is 2.14. The Balaban J connectivity index is 1.83. The number of hydrogen-bond donors (Lipinski definition) is 0. The normalized spacial score (nSPS) is 11.8. The summed E-state index contributed by atoms with van der Waals surface area (Å²) in [6.07, 6.45) is 6.75. The van der Waals surface area contributed by atoms with Gasteiger partial charge in [-0.2, -0.15) is 0 Å². The SMILES string of the molecule is CS(=O)(=O)c1ccc(-n2c(-c3ccc(F)cc3)cnc2C=Cc2ccccc2)cc1. The average Bonchev–Trinajstić information content (AvgIpc) is 3.17. The molecule has 0 saturated heterocycles. The molecule has 0 spiro atoms. The van der Waals surface area contributed by atoms with Crippen LogP contribution in [0.3, 0.4) is 0 Å². The van der Waals surface area contributed by atoms with Crippen LogP contribution in [0.25, 0.3) is 29.1 Å². The second-order valence-electron chi connectivity index (χ2n) is 6.85.